The van der Waals surface area contributed by atoms with Gasteiger partial charge in [0.05, 0.1) is 0 Å². The van der Waals surface area contributed by atoms with Crippen molar-refractivity contribution < 1.29 is 13.5 Å². The summed E-state index contributed by atoms with van der Waals surface area (Å²) in [4.78, 5) is 10.5. The van der Waals surface area contributed by atoms with Crippen molar-refractivity contribution in [3.63, 3.8) is 0 Å². The first kappa shape index (κ1) is 24.6. The fourth-order valence-corrected chi connectivity index (χ4v) is 4.47. The Hall–Kier alpha value is -2.01. The number of hydrogen-bond acceptors (Lipinski definition) is 4. The Balaban J connectivity index is 0.00000289. The number of aromatic nitrogens is 1. The van der Waals surface area contributed by atoms with Crippen molar-refractivity contribution in [2.45, 2.75) is 30.7 Å². The molecular formula is C23H30F2IN5O. The lowest BCUT2D eigenvalue weighted by atomic mass is 9.74. The van der Waals surface area contributed by atoms with Crippen LogP contribution in [0.2, 0.25) is 0 Å². The fourth-order valence-electron chi connectivity index (χ4n) is 4.47. The highest BCUT2D eigenvalue weighted by atomic mass is 127. The van der Waals surface area contributed by atoms with Crippen LogP contribution in [-0.2, 0) is 10.2 Å². The Kier molecular flexibility index (Phi) is 8.64. The zero-order chi connectivity index (χ0) is 21.7. The van der Waals surface area contributed by atoms with Gasteiger partial charge in [0.25, 0.3) is 0 Å². The van der Waals surface area contributed by atoms with Crippen LogP contribution in [0.25, 0.3) is 0 Å². The van der Waals surface area contributed by atoms with Crippen LogP contribution in [0.5, 0.6) is 0 Å². The molecule has 2 aromatic rings. The molecular weight excluding hydrogens is 527 g/mol. The van der Waals surface area contributed by atoms with E-state index < -0.39 is 0 Å². The highest BCUT2D eigenvalue weighted by Gasteiger charge is 2.35. The van der Waals surface area contributed by atoms with Crippen molar-refractivity contribution in [3.05, 3.63) is 59.8 Å². The maximum Gasteiger partial charge on any atom is 0.191 e. The van der Waals surface area contributed by atoms with Crippen LogP contribution in [-0.4, -0.2) is 56.9 Å². The fraction of sp³-hybridized carbons (Fsp3) is 0.478. The summed E-state index contributed by atoms with van der Waals surface area (Å²) in [6, 6.07) is 10.0. The monoisotopic (exact) mass is 557 g/mol. The number of nitrogens with one attached hydrogen (secondary N) is 2. The van der Waals surface area contributed by atoms with Gasteiger partial charge < -0.3 is 20.3 Å². The van der Waals surface area contributed by atoms with Crippen LogP contribution < -0.4 is 15.5 Å². The van der Waals surface area contributed by atoms with Gasteiger partial charge in [0, 0.05) is 57.5 Å². The SMILES string of the molecule is CN=C(NCC1(c2cccc(F)c2)CCOCC1)NC1CCN(c2ncccc2F)C1.I. The smallest absolute Gasteiger partial charge is 0.191 e. The topological polar surface area (TPSA) is 61.8 Å². The molecule has 0 amide bonds. The quantitative estimate of drug-likeness (QED) is 0.335. The van der Waals surface area contributed by atoms with Crippen molar-refractivity contribution in [3.8, 4) is 0 Å². The second kappa shape index (κ2) is 11.2. The van der Waals surface area contributed by atoms with E-state index in [4.69, 9.17) is 4.74 Å². The van der Waals surface area contributed by atoms with Gasteiger partial charge in [0.15, 0.2) is 17.6 Å². The van der Waals surface area contributed by atoms with E-state index in [9.17, 15) is 8.78 Å². The van der Waals surface area contributed by atoms with Gasteiger partial charge in [0.2, 0.25) is 0 Å². The number of hydrogen-bond donors (Lipinski definition) is 2. The minimum Gasteiger partial charge on any atom is -0.381 e. The number of benzene rings is 1. The average molecular weight is 557 g/mol. The molecule has 0 aliphatic carbocycles. The zero-order valence-electron chi connectivity index (χ0n) is 18.2. The van der Waals surface area contributed by atoms with Crippen molar-refractivity contribution in [2.75, 3.05) is 44.8 Å². The van der Waals surface area contributed by atoms with Gasteiger partial charge in [-0.1, -0.05) is 12.1 Å². The van der Waals surface area contributed by atoms with E-state index in [0.717, 1.165) is 31.4 Å². The third-order valence-corrected chi connectivity index (χ3v) is 6.27. The van der Waals surface area contributed by atoms with Crippen LogP contribution >= 0.6 is 24.0 Å². The number of anilines is 1. The second-order valence-corrected chi connectivity index (χ2v) is 8.21. The van der Waals surface area contributed by atoms with Crippen molar-refractivity contribution in [1.82, 2.24) is 15.6 Å². The maximum absolute atomic E-state index is 14.1. The second-order valence-electron chi connectivity index (χ2n) is 8.21. The minimum absolute atomic E-state index is 0. The predicted octanol–water partition coefficient (Wildman–Crippen LogP) is 3.47. The first-order valence-electron chi connectivity index (χ1n) is 10.8. The molecule has 2 N–H and O–H groups in total. The molecule has 0 spiro atoms. The molecule has 9 heteroatoms. The number of aliphatic imine (C=N–C) groups is 1. The summed E-state index contributed by atoms with van der Waals surface area (Å²) >= 11 is 0. The molecule has 32 heavy (non-hydrogen) atoms. The molecule has 174 valence electrons. The van der Waals surface area contributed by atoms with Crippen LogP contribution in [0, 0.1) is 11.6 Å². The summed E-state index contributed by atoms with van der Waals surface area (Å²) in [5.74, 6) is 0.554. The van der Waals surface area contributed by atoms with Gasteiger partial charge in [0.1, 0.15) is 5.82 Å². The van der Waals surface area contributed by atoms with Crippen LogP contribution in [0.4, 0.5) is 14.6 Å². The molecule has 2 aliphatic heterocycles. The summed E-state index contributed by atoms with van der Waals surface area (Å²) < 4.78 is 33.5. The first-order valence-corrected chi connectivity index (χ1v) is 10.8. The van der Waals surface area contributed by atoms with Gasteiger partial charge in [-0.2, -0.15) is 0 Å². The van der Waals surface area contributed by atoms with Crippen molar-refractivity contribution in [2.24, 2.45) is 4.99 Å². The summed E-state index contributed by atoms with van der Waals surface area (Å²) in [6.07, 6.45) is 4.10. The zero-order valence-corrected chi connectivity index (χ0v) is 20.5. The van der Waals surface area contributed by atoms with Crippen molar-refractivity contribution >= 4 is 35.8 Å². The molecule has 1 unspecified atom stereocenters. The van der Waals surface area contributed by atoms with E-state index in [1.54, 1.807) is 31.4 Å². The van der Waals surface area contributed by atoms with Gasteiger partial charge in [-0.3, -0.25) is 4.99 Å². The van der Waals surface area contributed by atoms with E-state index in [-0.39, 0.29) is 47.1 Å². The summed E-state index contributed by atoms with van der Waals surface area (Å²) in [5.41, 5.74) is 0.771. The molecule has 2 fully saturated rings. The highest BCUT2D eigenvalue weighted by molar-refractivity contribution is 14.0. The van der Waals surface area contributed by atoms with Crippen LogP contribution in [0.15, 0.2) is 47.6 Å². The summed E-state index contributed by atoms with van der Waals surface area (Å²) in [5, 5.41) is 6.89. The molecule has 1 aromatic heterocycles. The van der Waals surface area contributed by atoms with E-state index in [2.05, 4.69) is 20.6 Å². The lowest BCUT2D eigenvalue weighted by Gasteiger charge is -2.38. The molecule has 2 saturated heterocycles. The molecule has 0 saturated carbocycles. The maximum atomic E-state index is 14.1. The summed E-state index contributed by atoms with van der Waals surface area (Å²) in [7, 11) is 1.74. The molecule has 2 aliphatic rings. The molecule has 6 nitrogen and oxygen atoms in total. The lowest BCUT2D eigenvalue weighted by Crippen LogP contribution is -2.50. The van der Waals surface area contributed by atoms with Crippen LogP contribution in [0.3, 0.4) is 0 Å². The normalized spacial score (nSPS) is 20.5. The number of guanidine groups is 1. The Bertz CT molecular complexity index is 923. The highest BCUT2D eigenvalue weighted by Crippen LogP contribution is 2.34. The van der Waals surface area contributed by atoms with Crippen LogP contribution in [0.1, 0.15) is 24.8 Å². The number of halogens is 3. The van der Waals surface area contributed by atoms with E-state index in [1.165, 1.54) is 12.1 Å². The molecule has 3 heterocycles. The molecule has 0 bridgehead atoms. The minimum atomic E-state index is -0.304. The van der Waals surface area contributed by atoms with Gasteiger partial charge >= 0.3 is 0 Å². The molecule has 1 atom stereocenters. The van der Waals surface area contributed by atoms with Crippen molar-refractivity contribution in [1.29, 1.82) is 0 Å². The number of ether oxygens (including phenoxy) is 1. The molecule has 1 aromatic carbocycles. The Morgan fingerprint density at radius 3 is 2.78 bits per heavy atom. The third kappa shape index (κ3) is 5.67. The van der Waals surface area contributed by atoms with E-state index >= 15 is 0 Å². The number of pyridine rings is 1. The van der Waals surface area contributed by atoms with Gasteiger partial charge in [-0.15, -0.1) is 24.0 Å². The van der Waals surface area contributed by atoms with Gasteiger partial charge in [-0.05, 0) is 49.1 Å². The lowest BCUT2D eigenvalue weighted by molar-refractivity contribution is 0.0512. The number of rotatable bonds is 5. The van der Waals surface area contributed by atoms with Gasteiger partial charge in [-0.25, -0.2) is 13.8 Å². The van der Waals surface area contributed by atoms with E-state index in [1.807, 2.05) is 11.0 Å². The predicted molar refractivity (Wildman–Crippen MR) is 133 cm³/mol. The molecule has 0 radical (unpaired) electrons. The van der Waals surface area contributed by atoms with E-state index in [0.29, 0.717) is 38.1 Å². The Morgan fingerprint density at radius 1 is 1.25 bits per heavy atom. The Morgan fingerprint density at radius 2 is 2.06 bits per heavy atom. The average Bonchev–Trinajstić information content (AvgIpc) is 3.26. The Labute approximate surface area is 204 Å². The third-order valence-electron chi connectivity index (χ3n) is 6.27. The molecule has 4 rings (SSSR count). The first-order chi connectivity index (χ1) is 15.1. The largest absolute Gasteiger partial charge is 0.381 e. The summed E-state index contributed by atoms with van der Waals surface area (Å²) in [6.45, 7) is 3.31. The standard InChI is InChI=1S/C23H29F2N5O.HI/c1-26-22(29-19-7-11-30(15-19)21-20(25)6-3-10-27-21)28-16-23(8-12-31-13-9-23)17-4-2-5-18(24)14-17;/h2-6,10,14,19H,7-9,11-13,15-16H2,1H3,(H2,26,28,29);1H. The number of nitrogens with zero attached hydrogens (tertiary/aromatic N) is 3.